The molecule has 6 heteroatoms. The third kappa shape index (κ3) is 3.68. The third-order valence-electron chi connectivity index (χ3n) is 3.93. The molecule has 128 valence electrons. The predicted octanol–water partition coefficient (Wildman–Crippen LogP) is 3.09. The Bertz CT molecular complexity index is 874. The van der Waals surface area contributed by atoms with Gasteiger partial charge in [-0.1, -0.05) is 12.1 Å². The Balaban J connectivity index is 1.95. The lowest BCUT2D eigenvalue weighted by molar-refractivity contribution is 0.0941. The van der Waals surface area contributed by atoms with Crippen LogP contribution in [0, 0.1) is 5.82 Å². The Labute approximate surface area is 145 Å². The first-order valence-electron chi connectivity index (χ1n) is 7.76. The summed E-state index contributed by atoms with van der Waals surface area (Å²) in [5, 5.41) is 2.96. The summed E-state index contributed by atoms with van der Waals surface area (Å²) in [5.74, 6) is 0.678. The number of amides is 1. The van der Waals surface area contributed by atoms with E-state index in [1.165, 1.54) is 24.3 Å². The van der Waals surface area contributed by atoms with Gasteiger partial charge in [0.05, 0.1) is 7.11 Å². The normalized spacial score (nSPS) is 11.8. The molecule has 3 rings (SSSR count). The van der Waals surface area contributed by atoms with E-state index in [2.05, 4.69) is 10.3 Å². The molecule has 0 bridgehead atoms. The van der Waals surface area contributed by atoms with Gasteiger partial charge in [0, 0.05) is 25.0 Å². The van der Waals surface area contributed by atoms with Gasteiger partial charge >= 0.3 is 0 Å². The van der Waals surface area contributed by atoms with Gasteiger partial charge in [-0.05, 0) is 42.0 Å². The number of imidazole rings is 1. The van der Waals surface area contributed by atoms with Crippen molar-refractivity contribution in [3.8, 4) is 5.75 Å². The molecule has 2 aromatic carbocycles. The van der Waals surface area contributed by atoms with Crippen LogP contribution in [-0.4, -0.2) is 22.6 Å². The molecule has 1 N–H and O–H groups in total. The molecule has 3 aromatic rings. The summed E-state index contributed by atoms with van der Waals surface area (Å²) >= 11 is 0. The predicted molar refractivity (Wildman–Crippen MR) is 91.9 cm³/mol. The van der Waals surface area contributed by atoms with E-state index in [1.807, 2.05) is 42.1 Å². The summed E-state index contributed by atoms with van der Waals surface area (Å²) in [6, 6.07) is 12.4. The van der Waals surface area contributed by atoms with E-state index in [4.69, 9.17) is 4.74 Å². The number of aryl methyl sites for hydroxylation is 1. The minimum Gasteiger partial charge on any atom is -0.497 e. The highest BCUT2D eigenvalue weighted by atomic mass is 19.1. The maximum absolute atomic E-state index is 13.1. The molecule has 1 amide bonds. The molecular weight excluding hydrogens is 321 g/mol. The topological polar surface area (TPSA) is 56.1 Å². The molecule has 0 radical (unpaired) electrons. The quantitative estimate of drug-likeness (QED) is 0.777. The molecule has 0 saturated carbocycles. The van der Waals surface area contributed by atoms with Crippen LogP contribution in [0.1, 0.15) is 27.8 Å². The zero-order valence-electron chi connectivity index (χ0n) is 13.9. The lowest BCUT2D eigenvalue weighted by Crippen LogP contribution is -2.31. The highest BCUT2D eigenvalue weighted by molar-refractivity contribution is 5.94. The van der Waals surface area contributed by atoms with Crippen LogP contribution < -0.4 is 10.1 Å². The van der Waals surface area contributed by atoms with Gasteiger partial charge in [-0.25, -0.2) is 9.37 Å². The van der Waals surface area contributed by atoms with Gasteiger partial charge in [0.1, 0.15) is 23.4 Å². The first-order chi connectivity index (χ1) is 12.1. The molecule has 1 aromatic heterocycles. The smallest absolute Gasteiger partial charge is 0.252 e. The van der Waals surface area contributed by atoms with E-state index in [0.29, 0.717) is 17.1 Å². The van der Waals surface area contributed by atoms with Crippen LogP contribution in [0.4, 0.5) is 4.39 Å². The maximum Gasteiger partial charge on any atom is 0.252 e. The van der Waals surface area contributed by atoms with Gasteiger partial charge in [0.25, 0.3) is 5.91 Å². The second kappa shape index (κ2) is 7.17. The van der Waals surface area contributed by atoms with E-state index in [0.717, 1.165) is 5.56 Å². The molecular formula is C19H18FN3O2. The van der Waals surface area contributed by atoms with Gasteiger partial charge in [0.2, 0.25) is 0 Å². The summed E-state index contributed by atoms with van der Waals surface area (Å²) < 4.78 is 20.2. The van der Waals surface area contributed by atoms with Crippen molar-refractivity contribution in [2.75, 3.05) is 7.11 Å². The Hall–Kier alpha value is -3.15. The minimum absolute atomic E-state index is 0.309. The molecule has 1 heterocycles. The number of hydrogen-bond donors (Lipinski definition) is 1. The average molecular weight is 339 g/mol. The van der Waals surface area contributed by atoms with Crippen molar-refractivity contribution >= 4 is 5.91 Å². The molecule has 1 atom stereocenters. The highest BCUT2D eigenvalue weighted by Gasteiger charge is 2.22. The molecule has 0 fully saturated rings. The Morgan fingerprint density at radius 3 is 2.64 bits per heavy atom. The van der Waals surface area contributed by atoms with Crippen LogP contribution in [0.3, 0.4) is 0 Å². The van der Waals surface area contributed by atoms with Gasteiger partial charge < -0.3 is 14.6 Å². The van der Waals surface area contributed by atoms with Crippen LogP contribution in [0.2, 0.25) is 0 Å². The zero-order valence-corrected chi connectivity index (χ0v) is 13.9. The Morgan fingerprint density at radius 2 is 2.00 bits per heavy atom. The fourth-order valence-electron chi connectivity index (χ4n) is 2.59. The lowest BCUT2D eigenvalue weighted by Gasteiger charge is -2.20. The number of benzene rings is 2. The lowest BCUT2D eigenvalue weighted by atomic mass is 10.0. The first kappa shape index (κ1) is 16.7. The number of aromatic nitrogens is 2. The number of nitrogens with one attached hydrogen (secondary N) is 1. The van der Waals surface area contributed by atoms with Gasteiger partial charge in [-0.2, -0.15) is 0 Å². The molecule has 0 aliphatic heterocycles. The Morgan fingerprint density at radius 1 is 1.24 bits per heavy atom. The van der Waals surface area contributed by atoms with E-state index < -0.39 is 6.04 Å². The van der Waals surface area contributed by atoms with Crippen LogP contribution in [0.15, 0.2) is 60.9 Å². The first-order valence-corrected chi connectivity index (χ1v) is 7.76. The molecule has 25 heavy (non-hydrogen) atoms. The van der Waals surface area contributed by atoms with Crippen LogP contribution in [-0.2, 0) is 7.05 Å². The fraction of sp³-hybridized carbons (Fsp3) is 0.158. The number of carbonyl (C=O) groups is 1. The number of methoxy groups -OCH3 is 1. The van der Waals surface area contributed by atoms with Crippen molar-refractivity contribution in [3.05, 3.63) is 83.7 Å². The minimum atomic E-state index is -0.465. The summed E-state index contributed by atoms with van der Waals surface area (Å²) in [4.78, 5) is 17.0. The average Bonchev–Trinajstić information content (AvgIpc) is 3.06. The van der Waals surface area contributed by atoms with E-state index in [1.54, 1.807) is 13.3 Å². The van der Waals surface area contributed by atoms with E-state index in [-0.39, 0.29) is 11.7 Å². The Kier molecular flexibility index (Phi) is 4.79. The second-order valence-corrected chi connectivity index (χ2v) is 5.59. The van der Waals surface area contributed by atoms with Crippen LogP contribution >= 0.6 is 0 Å². The fourth-order valence-corrected chi connectivity index (χ4v) is 2.59. The van der Waals surface area contributed by atoms with E-state index in [9.17, 15) is 9.18 Å². The summed E-state index contributed by atoms with van der Waals surface area (Å²) in [7, 11) is 3.45. The number of halogens is 1. The second-order valence-electron chi connectivity index (χ2n) is 5.59. The maximum atomic E-state index is 13.1. The molecule has 5 nitrogen and oxygen atoms in total. The van der Waals surface area contributed by atoms with Crippen molar-refractivity contribution in [3.63, 3.8) is 0 Å². The van der Waals surface area contributed by atoms with Crippen molar-refractivity contribution in [2.45, 2.75) is 6.04 Å². The van der Waals surface area contributed by atoms with Crippen LogP contribution in [0.5, 0.6) is 5.75 Å². The standard InChI is InChI=1S/C19H18FN3O2/c1-23-11-10-21-18(23)17(14-4-3-5-16(12-14)25-2)22-19(24)13-6-8-15(20)9-7-13/h3-12,17H,1-2H3,(H,22,24)/t17-/m0/s1. The number of hydrogen-bond acceptors (Lipinski definition) is 3. The zero-order chi connectivity index (χ0) is 17.8. The summed E-state index contributed by atoms with van der Waals surface area (Å²) in [6.07, 6.45) is 3.49. The van der Waals surface area contributed by atoms with Crippen molar-refractivity contribution in [1.82, 2.24) is 14.9 Å². The van der Waals surface area contributed by atoms with Crippen molar-refractivity contribution in [2.24, 2.45) is 7.05 Å². The highest BCUT2D eigenvalue weighted by Crippen LogP contribution is 2.24. The molecule has 0 saturated heterocycles. The van der Waals surface area contributed by atoms with Gasteiger partial charge in [0.15, 0.2) is 0 Å². The molecule has 0 aliphatic carbocycles. The SMILES string of the molecule is COc1cccc([C@H](NC(=O)c2ccc(F)cc2)c2nccn2C)c1. The molecule has 0 spiro atoms. The molecule has 0 aliphatic rings. The van der Waals surface area contributed by atoms with Crippen molar-refractivity contribution < 1.29 is 13.9 Å². The van der Waals surface area contributed by atoms with Crippen LogP contribution in [0.25, 0.3) is 0 Å². The number of ether oxygens (including phenoxy) is 1. The van der Waals surface area contributed by atoms with E-state index >= 15 is 0 Å². The largest absolute Gasteiger partial charge is 0.497 e. The van der Waals surface area contributed by atoms with Gasteiger partial charge in [-0.3, -0.25) is 4.79 Å². The van der Waals surface area contributed by atoms with Crippen molar-refractivity contribution in [1.29, 1.82) is 0 Å². The number of carbonyl (C=O) groups excluding carboxylic acids is 1. The summed E-state index contributed by atoms with van der Waals surface area (Å²) in [6.45, 7) is 0. The number of nitrogens with zero attached hydrogens (tertiary/aromatic N) is 2. The number of rotatable bonds is 5. The van der Waals surface area contributed by atoms with Gasteiger partial charge in [-0.15, -0.1) is 0 Å². The summed E-state index contributed by atoms with van der Waals surface area (Å²) in [5.41, 5.74) is 1.22. The molecule has 0 unspecified atom stereocenters. The third-order valence-corrected chi connectivity index (χ3v) is 3.93. The monoisotopic (exact) mass is 339 g/mol.